The molecular formula is C23H35N3O5S. The van der Waals surface area contributed by atoms with E-state index in [1.54, 1.807) is 6.92 Å². The number of sulfonamides is 1. The molecule has 2 fully saturated rings. The summed E-state index contributed by atoms with van der Waals surface area (Å²) in [5.41, 5.74) is 0.441. The molecule has 3 rings (SSSR count). The Morgan fingerprint density at radius 2 is 1.91 bits per heavy atom. The van der Waals surface area contributed by atoms with Crippen molar-refractivity contribution in [3.63, 3.8) is 0 Å². The highest BCUT2D eigenvalue weighted by molar-refractivity contribution is 7.89. The minimum atomic E-state index is -3.44. The quantitative estimate of drug-likeness (QED) is 0.386. The minimum absolute atomic E-state index is 0.0373. The Kier molecular flexibility index (Phi) is 7.19. The molecule has 2 N–H and O–H groups in total. The zero-order chi connectivity index (χ0) is 23.6. The fourth-order valence-corrected chi connectivity index (χ4v) is 5.36. The molecule has 8 nitrogen and oxygen atoms in total. The molecular weight excluding hydrogens is 430 g/mol. The molecule has 0 bridgehead atoms. The van der Waals surface area contributed by atoms with E-state index in [4.69, 9.17) is 4.74 Å². The lowest BCUT2D eigenvalue weighted by molar-refractivity contribution is -0.121. The van der Waals surface area contributed by atoms with Crippen LogP contribution in [-0.4, -0.2) is 50.2 Å². The van der Waals surface area contributed by atoms with E-state index in [1.807, 2.05) is 24.3 Å². The zero-order valence-corrected chi connectivity index (χ0v) is 20.3. The van der Waals surface area contributed by atoms with Gasteiger partial charge >= 0.3 is 6.03 Å². The van der Waals surface area contributed by atoms with E-state index in [0.29, 0.717) is 32.4 Å². The Morgan fingerprint density at radius 3 is 2.50 bits per heavy atom. The molecule has 1 saturated heterocycles. The van der Waals surface area contributed by atoms with Gasteiger partial charge in [-0.15, -0.1) is 0 Å². The lowest BCUT2D eigenvalue weighted by Gasteiger charge is -2.21. The van der Waals surface area contributed by atoms with Crippen LogP contribution in [0, 0.1) is 5.41 Å². The Hall–Kier alpha value is -2.13. The van der Waals surface area contributed by atoms with Crippen LogP contribution in [0.1, 0.15) is 65.4 Å². The van der Waals surface area contributed by atoms with Crippen LogP contribution < -0.4 is 14.8 Å². The van der Waals surface area contributed by atoms with Crippen molar-refractivity contribution in [2.75, 3.05) is 18.9 Å². The highest BCUT2D eigenvalue weighted by Gasteiger charge is 2.47. The summed E-state index contributed by atoms with van der Waals surface area (Å²) in [7, 11) is -3.44. The number of hydrogen-bond acceptors (Lipinski definition) is 5. The number of rotatable bonds is 11. The van der Waals surface area contributed by atoms with E-state index >= 15 is 0 Å². The van der Waals surface area contributed by atoms with Crippen LogP contribution in [0.3, 0.4) is 0 Å². The summed E-state index contributed by atoms with van der Waals surface area (Å²) in [5, 5.41) is 2.28. The van der Waals surface area contributed by atoms with E-state index < -0.39 is 21.6 Å². The van der Waals surface area contributed by atoms with Crippen molar-refractivity contribution < 1.29 is 22.7 Å². The third kappa shape index (κ3) is 6.45. The molecule has 1 heterocycles. The number of unbranched alkanes of at least 4 members (excludes halogenated alkanes) is 2. The number of carbonyl (C=O) groups is 2. The van der Waals surface area contributed by atoms with Gasteiger partial charge in [-0.1, -0.05) is 39.3 Å². The molecule has 0 aromatic heterocycles. The van der Waals surface area contributed by atoms with Gasteiger partial charge in [0.1, 0.15) is 11.8 Å². The molecule has 1 saturated carbocycles. The number of benzene rings is 1. The van der Waals surface area contributed by atoms with Crippen LogP contribution in [0.4, 0.5) is 4.79 Å². The summed E-state index contributed by atoms with van der Waals surface area (Å²) in [6, 6.07) is 6.84. The van der Waals surface area contributed by atoms with Gasteiger partial charge in [-0.3, -0.25) is 10.1 Å². The molecule has 0 unspecified atom stereocenters. The van der Waals surface area contributed by atoms with Gasteiger partial charge in [-0.05, 0) is 55.7 Å². The molecule has 9 heteroatoms. The summed E-state index contributed by atoms with van der Waals surface area (Å²) in [6.07, 6.45) is 3.35. The largest absolute Gasteiger partial charge is 0.493 e. The van der Waals surface area contributed by atoms with Crippen LogP contribution in [0.2, 0.25) is 0 Å². The van der Waals surface area contributed by atoms with E-state index in [0.717, 1.165) is 24.2 Å². The van der Waals surface area contributed by atoms with Crippen LogP contribution in [0.15, 0.2) is 24.3 Å². The molecule has 1 aromatic carbocycles. The molecule has 3 amide bonds. The lowest BCUT2D eigenvalue weighted by Crippen LogP contribution is -2.36. The number of carbonyl (C=O) groups excluding carboxylic acids is 2. The van der Waals surface area contributed by atoms with Crippen LogP contribution in [-0.2, 0) is 20.4 Å². The van der Waals surface area contributed by atoms with Crippen molar-refractivity contribution in [2.45, 2.75) is 71.4 Å². The lowest BCUT2D eigenvalue weighted by atomic mass is 9.98. The van der Waals surface area contributed by atoms with Crippen molar-refractivity contribution in [3.05, 3.63) is 29.8 Å². The van der Waals surface area contributed by atoms with Crippen molar-refractivity contribution >= 4 is 22.0 Å². The second-order valence-electron chi connectivity index (χ2n) is 10.1. The molecule has 0 radical (unpaired) electrons. The van der Waals surface area contributed by atoms with Gasteiger partial charge in [0.2, 0.25) is 10.0 Å². The Labute approximate surface area is 191 Å². The standard InChI is InChI=1S/C23H35N3O5S/c1-17-20(27)24-21(28)26(17)13-6-5-7-14-32(29,30)25-23(11-12-23)18-9-8-10-19(15-18)31-16-22(2,3)4/h8-10,15,17,25H,5-7,11-14,16H2,1-4H3,(H,24,27,28)/t17-/m0/s1. The number of nitrogens with zero attached hydrogens (tertiary/aromatic N) is 1. The van der Waals surface area contributed by atoms with Crippen molar-refractivity contribution in [1.82, 2.24) is 14.9 Å². The van der Waals surface area contributed by atoms with E-state index in [9.17, 15) is 18.0 Å². The van der Waals surface area contributed by atoms with Gasteiger partial charge in [0.15, 0.2) is 0 Å². The number of ether oxygens (including phenoxy) is 1. The first-order valence-corrected chi connectivity index (χ1v) is 12.9. The molecule has 178 valence electrons. The number of imide groups is 1. The second-order valence-corrected chi connectivity index (χ2v) is 11.9. The number of amides is 3. The normalized spacial score (nSPS) is 20.4. The van der Waals surface area contributed by atoms with Gasteiger partial charge in [-0.2, -0.15) is 0 Å². The summed E-state index contributed by atoms with van der Waals surface area (Å²) >= 11 is 0. The molecule has 0 spiro atoms. The van der Waals surface area contributed by atoms with Gasteiger partial charge in [0.25, 0.3) is 5.91 Å². The van der Waals surface area contributed by atoms with E-state index in [2.05, 4.69) is 30.8 Å². The number of hydrogen-bond donors (Lipinski definition) is 2. The first-order chi connectivity index (χ1) is 14.9. The Morgan fingerprint density at radius 1 is 1.19 bits per heavy atom. The maximum Gasteiger partial charge on any atom is 0.324 e. The second kappa shape index (κ2) is 9.39. The third-order valence-electron chi connectivity index (χ3n) is 5.81. The summed E-state index contributed by atoms with van der Waals surface area (Å²) in [6.45, 7) is 9.03. The zero-order valence-electron chi connectivity index (χ0n) is 19.4. The SMILES string of the molecule is C[C@H]1C(=O)NC(=O)N1CCCCCS(=O)(=O)NC1(c2cccc(OCC(C)(C)C)c2)CC1. The monoisotopic (exact) mass is 465 g/mol. The van der Waals surface area contributed by atoms with Gasteiger partial charge < -0.3 is 9.64 Å². The number of urea groups is 1. The average Bonchev–Trinajstić information content (AvgIpc) is 3.43. The van der Waals surface area contributed by atoms with Crippen molar-refractivity contribution in [1.29, 1.82) is 0 Å². The third-order valence-corrected chi connectivity index (χ3v) is 7.34. The summed E-state index contributed by atoms with van der Waals surface area (Å²) in [4.78, 5) is 24.7. The fraction of sp³-hybridized carbons (Fsp3) is 0.652. The van der Waals surface area contributed by atoms with Crippen LogP contribution >= 0.6 is 0 Å². The average molecular weight is 466 g/mol. The topological polar surface area (TPSA) is 105 Å². The maximum absolute atomic E-state index is 12.7. The van der Waals surface area contributed by atoms with Crippen molar-refractivity contribution in [2.24, 2.45) is 5.41 Å². The first-order valence-electron chi connectivity index (χ1n) is 11.3. The predicted molar refractivity (Wildman–Crippen MR) is 123 cm³/mol. The predicted octanol–water partition coefficient (Wildman–Crippen LogP) is 3.13. The fourth-order valence-electron chi connectivity index (χ4n) is 3.75. The van der Waals surface area contributed by atoms with E-state index in [1.165, 1.54) is 4.90 Å². The first kappa shape index (κ1) is 24.5. The molecule has 1 aliphatic heterocycles. The highest BCUT2D eigenvalue weighted by atomic mass is 32.2. The van der Waals surface area contributed by atoms with Gasteiger partial charge in [0, 0.05) is 6.54 Å². The highest BCUT2D eigenvalue weighted by Crippen LogP contribution is 2.47. The molecule has 1 atom stereocenters. The van der Waals surface area contributed by atoms with Crippen LogP contribution in [0.5, 0.6) is 5.75 Å². The molecule has 1 aliphatic carbocycles. The smallest absolute Gasteiger partial charge is 0.324 e. The molecule has 32 heavy (non-hydrogen) atoms. The maximum atomic E-state index is 12.7. The minimum Gasteiger partial charge on any atom is -0.493 e. The van der Waals surface area contributed by atoms with Gasteiger partial charge in [0.05, 0.1) is 17.9 Å². The molecule has 2 aliphatic rings. The Bertz CT molecular complexity index is 951. The van der Waals surface area contributed by atoms with E-state index in [-0.39, 0.29) is 23.1 Å². The van der Waals surface area contributed by atoms with Gasteiger partial charge in [-0.25, -0.2) is 17.9 Å². The summed E-state index contributed by atoms with van der Waals surface area (Å²) in [5.74, 6) is 0.501. The summed E-state index contributed by atoms with van der Waals surface area (Å²) < 4.78 is 34.2. The van der Waals surface area contributed by atoms with Crippen molar-refractivity contribution in [3.8, 4) is 5.75 Å². The Balaban J connectivity index is 1.47. The number of nitrogens with one attached hydrogen (secondary N) is 2. The molecule has 1 aromatic rings. The van der Waals surface area contributed by atoms with Crippen LogP contribution in [0.25, 0.3) is 0 Å².